The first-order chi connectivity index (χ1) is 9.70. The Morgan fingerprint density at radius 2 is 1.45 bits per heavy atom. The van der Waals surface area contributed by atoms with Gasteiger partial charge in [0.25, 0.3) is 0 Å². The number of nitrogens with zero attached hydrogens (tertiary/aromatic N) is 1. The van der Waals surface area contributed by atoms with E-state index in [1.54, 1.807) is 0 Å². The lowest BCUT2D eigenvalue weighted by atomic mass is 10.1. The second-order valence-electron chi connectivity index (χ2n) is 5.06. The molecule has 2 rings (SSSR count). The normalized spacial score (nSPS) is 11.0. The third-order valence-corrected chi connectivity index (χ3v) is 4.10. The summed E-state index contributed by atoms with van der Waals surface area (Å²) in [6.07, 6.45) is 0. The molecule has 2 aromatic rings. The van der Waals surface area contributed by atoms with Crippen LogP contribution in [0.3, 0.4) is 0 Å². The molecule has 0 atom stereocenters. The van der Waals surface area contributed by atoms with E-state index < -0.39 is 0 Å². The molecule has 2 aromatic carbocycles. The predicted molar refractivity (Wildman–Crippen MR) is 88.5 cm³/mol. The van der Waals surface area contributed by atoms with Crippen LogP contribution in [0.2, 0.25) is 0 Å². The summed E-state index contributed by atoms with van der Waals surface area (Å²) in [5.74, 6) is 0. The molecule has 0 aromatic heterocycles. The van der Waals surface area contributed by atoms with E-state index in [4.69, 9.17) is 0 Å². The summed E-state index contributed by atoms with van der Waals surface area (Å²) in [4.78, 5) is 2.34. The van der Waals surface area contributed by atoms with Gasteiger partial charge in [0.05, 0.1) is 0 Å². The van der Waals surface area contributed by atoms with Gasteiger partial charge in [-0.3, -0.25) is 4.90 Å². The molecule has 0 heterocycles. The molecule has 0 amide bonds. The molecule has 0 aliphatic rings. The van der Waals surface area contributed by atoms with Crippen molar-refractivity contribution >= 4 is 15.9 Å². The lowest BCUT2D eigenvalue weighted by molar-refractivity contribution is 0.317. The molecule has 0 unspecified atom stereocenters. The average Bonchev–Trinajstić information content (AvgIpc) is 2.44. The minimum absolute atomic E-state index is 0.916. The maximum absolute atomic E-state index is 3.61. The minimum atomic E-state index is 0.916. The minimum Gasteiger partial charge on any atom is -0.316 e. The Morgan fingerprint density at radius 3 is 2.10 bits per heavy atom. The Balaban J connectivity index is 2.05. The zero-order valence-electron chi connectivity index (χ0n) is 12.1. The van der Waals surface area contributed by atoms with E-state index in [9.17, 15) is 0 Å². The lowest BCUT2D eigenvalue weighted by Crippen LogP contribution is -2.19. The third kappa shape index (κ3) is 4.17. The van der Waals surface area contributed by atoms with E-state index in [1.165, 1.54) is 21.2 Å². The zero-order chi connectivity index (χ0) is 14.4. The van der Waals surface area contributed by atoms with Crippen LogP contribution in [0.4, 0.5) is 0 Å². The molecule has 0 saturated heterocycles. The van der Waals surface area contributed by atoms with E-state index in [0.717, 1.165) is 19.6 Å². The summed E-state index contributed by atoms with van der Waals surface area (Å²) in [6.45, 7) is 2.81. The first-order valence-electron chi connectivity index (χ1n) is 6.84. The van der Waals surface area contributed by atoms with Crippen molar-refractivity contribution in [2.45, 2.75) is 19.6 Å². The monoisotopic (exact) mass is 332 g/mol. The highest BCUT2D eigenvalue weighted by Crippen LogP contribution is 2.19. The largest absolute Gasteiger partial charge is 0.316 e. The molecule has 3 heteroatoms. The van der Waals surface area contributed by atoms with Crippen LogP contribution in [0.5, 0.6) is 0 Å². The van der Waals surface area contributed by atoms with Gasteiger partial charge in [-0.15, -0.1) is 0 Å². The molecular formula is C17H21BrN2. The van der Waals surface area contributed by atoms with Gasteiger partial charge in [-0.05, 0) is 36.9 Å². The number of rotatable bonds is 6. The maximum atomic E-state index is 3.61. The molecule has 0 fully saturated rings. The van der Waals surface area contributed by atoms with Crippen molar-refractivity contribution < 1.29 is 0 Å². The van der Waals surface area contributed by atoms with Crippen molar-refractivity contribution in [3.8, 4) is 0 Å². The van der Waals surface area contributed by atoms with E-state index >= 15 is 0 Å². The Kier molecular flexibility index (Phi) is 5.77. The molecule has 0 bridgehead atoms. The molecule has 20 heavy (non-hydrogen) atoms. The van der Waals surface area contributed by atoms with Gasteiger partial charge < -0.3 is 5.32 Å². The van der Waals surface area contributed by atoms with Crippen LogP contribution in [0.15, 0.2) is 53.0 Å². The fourth-order valence-corrected chi connectivity index (χ4v) is 2.75. The zero-order valence-corrected chi connectivity index (χ0v) is 13.7. The van der Waals surface area contributed by atoms with Crippen LogP contribution in [0, 0.1) is 0 Å². The number of nitrogens with one attached hydrogen (secondary N) is 1. The highest BCUT2D eigenvalue weighted by molar-refractivity contribution is 9.10. The Labute approximate surface area is 129 Å². The number of hydrogen-bond acceptors (Lipinski definition) is 2. The van der Waals surface area contributed by atoms with Crippen molar-refractivity contribution in [1.29, 1.82) is 0 Å². The second-order valence-corrected chi connectivity index (χ2v) is 5.92. The van der Waals surface area contributed by atoms with Crippen LogP contribution >= 0.6 is 15.9 Å². The summed E-state index contributed by atoms with van der Waals surface area (Å²) in [5, 5.41) is 3.23. The lowest BCUT2D eigenvalue weighted by Gasteiger charge is -2.19. The third-order valence-electron chi connectivity index (χ3n) is 3.32. The van der Waals surface area contributed by atoms with Gasteiger partial charge in [0.2, 0.25) is 0 Å². The molecule has 0 aliphatic heterocycles. The van der Waals surface area contributed by atoms with Gasteiger partial charge in [-0.1, -0.05) is 58.4 Å². The van der Waals surface area contributed by atoms with Gasteiger partial charge in [-0.25, -0.2) is 0 Å². The molecule has 0 saturated carbocycles. The van der Waals surface area contributed by atoms with Crippen molar-refractivity contribution in [3.63, 3.8) is 0 Å². The summed E-state index contributed by atoms with van der Waals surface area (Å²) in [5.41, 5.74) is 4.08. The molecular weight excluding hydrogens is 312 g/mol. The molecule has 2 nitrogen and oxygen atoms in total. The predicted octanol–water partition coefficient (Wildman–Crippen LogP) is 3.80. The number of hydrogen-bond donors (Lipinski definition) is 1. The van der Waals surface area contributed by atoms with Crippen LogP contribution in [0.1, 0.15) is 16.7 Å². The molecule has 0 radical (unpaired) electrons. The highest BCUT2D eigenvalue weighted by Gasteiger charge is 2.07. The van der Waals surface area contributed by atoms with Gasteiger partial charge in [0.15, 0.2) is 0 Å². The van der Waals surface area contributed by atoms with E-state index in [2.05, 4.69) is 81.7 Å². The van der Waals surface area contributed by atoms with E-state index in [-0.39, 0.29) is 0 Å². The first-order valence-corrected chi connectivity index (χ1v) is 7.63. The average molecular weight is 333 g/mol. The Bertz CT molecular complexity index is 554. The van der Waals surface area contributed by atoms with E-state index in [1.807, 2.05) is 7.05 Å². The fourth-order valence-electron chi connectivity index (χ4n) is 2.34. The summed E-state index contributed by atoms with van der Waals surface area (Å²) >= 11 is 3.61. The van der Waals surface area contributed by atoms with Crippen molar-refractivity contribution in [1.82, 2.24) is 10.2 Å². The molecule has 0 aliphatic carbocycles. The van der Waals surface area contributed by atoms with Crippen molar-refractivity contribution in [2.24, 2.45) is 0 Å². The summed E-state index contributed by atoms with van der Waals surface area (Å²) < 4.78 is 1.18. The first kappa shape index (κ1) is 15.2. The molecule has 0 spiro atoms. The van der Waals surface area contributed by atoms with Crippen LogP contribution in [0.25, 0.3) is 0 Å². The van der Waals surface area contributed by atoms with Crippen LogP contribution < -0.4 is 5.32 Å². The standard InChI is InChI=1S/C17H21BrN2/c1-19-11-14-7-3-4-8-15(14)12-20(2)13-16-9-5-6-10-17(16)18/h3-10,19H,11-13H2,1-2H3. The Morgan fingerprint density at radius 1 is 0.900 bits per heavy atom. The van der Waals surface area contributed by atoms with Gasteiger partial charge in [0, 0.05) is 24.1 Å². The van der Waals surface area contributed by atoms with Gasteiger partial charge >= 0.3 is 0 Å². The second kappa shape index (κ2) is 7.58. The number of benzene rings is 2. The molecule has 106 valence electrons. The number of halogens is 1. The van der Waals surface area contributed by atoms with Gasteiger partial charge in [0.1, 0.15) is 0 Å². The van der Waals surface area contributed by atoms with Gasteiger partial charge in [-0.2, -0.15) is 0 Å². The van der Waals surface area contributed by atoms with E-state index in [0.29, 0.717) is 0 Å². The van der Waals surface area contributed by atoms with Crippen molar-refractivity contribution in [3.05, 3.63) is 69.7 Å². The van der Waals surface area contributed by atoms with Crippen molar-refractivity contribution in [2.75, 3.05) is 14.1 Å². The topological polar surface area (TPSA) is 15.3 Å². The molecule has 1 N–H and O–H groups in total. The SMILES string of the molecule is CNCc1ccccc1CN(C)Cc1ccccc1Br. The fraction of sp³-hybridized carbons (Fsp3) is 0.294. The smallest absolute Gasteiger partial charge is 0.0245 e. The highest BCUT2D eigenvalue weighted by atomic mass is 79.9. The maximum Gasteiger partial charge on any atom is 0.0245 e. The van der Waals surface area contributed by atoms with Crippen LogP contribution in [-0.4, -0.2) is 19.0 Å². The Hall–Kier alpha value is -1.16. The quantitative estimate of drug-likeness (QED) is 0.865. The van der Waals surface area contributed by atoms with Crippen LogP contribution in [-0.2, 0) is 19.6 Å². The summed E-state index contributed by atoms with van der Waals surface area (Å²) in [6, 6.07) is 17.0. The summed E-state index contributed by atoms with van der Waals surface area (Å²) in [7, 11) is 4.15.